The standard InChI is InChI=1S/C20H26F4O/c1-2-3-4-5-14-6-9-16(10-7-14)19(23)20(24)25-13-15-8-11-17(21)18(22)12-15/h2-3,8,11-12,14,16,19-20H,4-7,9-10,13H2,1H3/b3-2+/t14-,16-,19?,20?. The summed E-state index contributed by atoms with van der Waals surface area (Å²) in [5.74, 6) is -1.75. The number of ether oxygens (including phenoxy) is 1. The summed E-state index contributed by atoms with van der Waals surface area (Å²) in [6.45, 7) is 1.71. The molecule has 1 saturated carbocycles. The molecule has 0 spiro atoms. The van der Waals surface area contributed by atoms with Crippen molar-refractivity contribution in [1.82, 2.24) is 0 Å². The number of hydrogen-bond acceptors (Lipinski definition) is 1. The van der Waals surface area contributed by atoms with Crippen LogP contribution in [0.5, 0.6) is 0 Å². The smallest absolute Gasteiger partial charge is 0.231 e. The fraction of sp³-hybridized carbons (Fsp3) is 0.600. The lowest BCUT2D eigenvalue weighted by Gasteiger charge is -2.31. The molecular weight excluding hydrogens is 332 g/mol. The van der Waals surface area contributed by atoms with Crippen molar-refractivity contribution < 1.29 is 22.3 Å². The molecule has 1 aromatic carbocycles. The molecule has 0 bridgehead atoms. The number of hydrogen-bond donors (Lipinski definition) is 0. The summed E-state index contributed by atoms with van der Waals surface area (Å²) >= 11 is 0. The molecule has 0 saturated heterocycles. The van der Waals surface area contributed by atoms with Crippen molar-refractivity contribution in [3.05, 3.63) is 47.5 Å². The zero-order valence-electron chi connectivity index (χ0n) is 14.6. The molecule has 0 N–H and O–H groups in total. The lowest BCUT2D eigenvalue weighted by Crippen LogP contribution is -2.31. The summed E-state index contributed by atoms with van der Waals surface area (Å²) in [4.78, 5) is 0. The van der Waals surface area contributed by atoms with Gasteiger partial charge in [-0.15, -0.1) is 0 Å². The molecule has 140 valence electrons. The van der Waals surface area contributed by atoms with Crippen LogP contribution >= 0.6 is 0 Å². The number of alkyl halides is 2. The van der Waals surface area contributed by atoms with Gasteiger partial charge in [-0.2, -0.15) is 0 Å². The van der Waals surface area contributed by atoms with Crippen LogP contribution in [0.15, 0.2) is 30.4 Å². The van der Waals surface area contributed by atoms with E-state index in [-0.39, 0.29) is 18.1 Å². The molecule has 1 aromatic rings. The summed E-state index contributed by atoms with van der Waals surface area (Å²) in [7, 11) is 0. The van der Waals surface area contributed by atoms with Crippen molar-refractivity contribution in [2.75, 3.05) is 0 Å². The molecule has 0 heterocycles. The average molecular weight is 358 g/mol. The molecule has 0 amide bonds. The maximum atomic E-state index is 14.3. The number of halogens is 4. The largest absolute Gasteiger partial charge is 0.341 e. The fourth-order valence-corrected chi connectivity index (χ4v) is 3.41. The highest BCUT2D eigenvalue weighted by Gasteiger charge is 2.33. The number of rotatable bonds is 8. The van der Waals surface area contributed by atoms with Crippen molar-refractivity contribution in [2.24, 2.45) is 11.8 Å². The van der Waals surface area contributed by atoms with Crippen LogP contribution in [-0.4, -0.2) is 12.5 Å². The van der Waals surface area contributed by atoms with E-state index in [0.29, 0.717) is 18.8 Å². The molecule has 1 nitrogen and oxygen atoms in total. The van der Waals surface area contributed by atoms with Gasteiger partial charge in [0.2, 0.25) is 6.36 Å². The van der Waals surface area contributed by atoms with E-state index in [1.165, 1.54) is 6.07 Å². The van der Waals surface area contributed by atoms with Gasteiger partial charge < -0.3 is 4.74 Å². The minimum Gasteiger partial charge on any atom is -0.341 e. The fourth-order valence-electron chi connectivity index (χ4n) is 3.41. The van der Waals surface area contributed by atoms with Crippen molar-refractivity contribution in [2.45, 2.75) is 64.6 Å². The summed E-state index contributed by atoms with van der Waals surface area (Å²) in [6, 6.07) is 3.18. The van der Waals surface area contributed by atoms with E-state index >= 15 is 0 Å². The Bertz CT molecular complexity index is 553. The van der Waals surface area contributed by atoms with E-state index in [9.17, 15) is 17.6 Å². The van der Waals surface area contributed by atoms with Crippen LogP contribution in [0.1, 0.15) is 51.0 Å². The first-order chi connectivity index (χ1) is 12.0. The third-order valence-electron chi connectivity index (χ3n) is 4.96. The maximum absolute atomic E-state index is 14.3. The molecule has 2 rings (SSSR count). The normalized spacial score (nSPS) is 23.7. The van der Waals surface area contributed by atoms with Crippen molar-refractivity contribution in [1.29, 1.82) is 0 Å². The molecule has 0 aromatic heterocycles. The predicted molar refractivity (Wildman–Crippen MR) is 90.4 cm³/mol. The SMILES string of the molecule is C/C=C/CC[C@H]1CC[C@H](C(F)C(F)OCc2ccc(F)c(F)c2)CC1. The minimum atomic E-state index is -2.04. The summed E-state index contributed by atoms with van der Waals surface area (Å²) in [5, 5.41) is 0. The Morgan fingerprint density at radius 2 is 1.84 bits per heavy atom. The molecular formula is C20H26F4O. The Labute approximate surface area is 147 Å². The van der Waals surface area contributed by atoms with E-state index in [1.54, 1.807) is 0 Å². The zero-order chi connectivity index (χ0) is 18.2. The van der Waals surface area contributed by atoms with Crippen LogP contribution in [-0.2, 0) is 11.3 Å². The van der Waals surface area contributed by atoms with Crippen LogP contribution in [0.4, 0.5) is 17.6 Å². The summed E-state index contributed by atoms with van der Waals surface area (Å²) in [5.41, 5.74) is 0.279. The first-order valence-corrected chi connectivity index (χ1v) is 8.96. The summed E-state index contributed by atoms with van der Waals surface area (Å²) < 4.78 is 59.2. The van der Waals surface area contributed by atoms with E-state index in [0.717, 1.165) is 37.8 Å². The second-order valence-electron chi connectivity index (χ2n) is 6.78. The van der Waals surface area contributed by atoms with E-state index < -0.39 is 24.2 Å². The maximum Gasteiger partial charge on any atom is 0.231 e. The molecule has 1 aliphatic rings. The van der Waals surface area contributed by atoms with Gasteiger partial charge in [-0.05, 0) is 62.1 Å². The Morgan fingerprint density at radius 3 is 2.48 bits per heavy atom. The second kappa shape index (κ2) is 9.95. The van der Waals surface area contributed by atoms with Gasteiger partial charge >= 0.3 is 0 Å². The molecule has 2 unspecified atom stereocenters. The third-order valence-corrected chi connectivity index (χ3v) is 4.96. The van der Waals surface area contributed by atoms with Crippen molar-refractivity contribution in [3.8, 4) is 0 Å². The second-order valence-corrected chi connectivity index (χ2v) is 6.78. The molecule has 5 heteroatoms. The first kappa shape index (κ1) is 20.0. The minimum absolute atomic E-state index is 0.279. The zero-order valence-corrected chi connectivity index (χ0v) is 14.6. The van der Waals surface area contributed by atoms with Crippen LogP contribution in [0.3, 0.4) is 0 Å². The van der Waals surface area contributed by atoms with Gasteiger partial charge in [-0.1, -0.05) is 31.1 Å². The molecule has 0 radical (unpaired) electrons. The van der Waals surface area contributed by atoms with Gasteiger partial charge in [0.1, 0.15) is 0 Å². The first-order valence-electron chi connectivity index (χ1n) is 8.96. The van der Waals surface area contributed by atoms with Crippen molar-refractivity contribution in [3.63, 3.8) is 0 Å². The Morgan fingerprint density at radius 1 is 1.12 bits per heavy atom. The van der Waals surface area contributed by atoms with Gasteiger partial charge in [0, 0.05) is 0 Å². The molecule has 25 heavy (non-hydrogen) atoms. The molecule has 1 aliphatic carbocycles. The van der Waals surface area contributed by atoms with Gasteiger partial charge in [0.25, 0.3) is 0 Å². The van der Waals surface area contributed by atoms with Crippen LogP contribution in [0.25, 0.3) is 0 Å². The Kier molecular flexibility index (Phi) is 7.94. The third kappa shape index (κ3) is 6.14. The summed E-state index contributed by atoms with van der Waals surface area (Å²) in [6.07, 6.45) is 5.73. The predicted octanol–water partition coefficient (Wildman–Crippen LogP) is 6.28. The van der Waals surface area contributed by atoms with Gasteiger partial charge in [-0.3, -0.25) is 0 Å². The van der Waals surface area contributed by atoms with Crippen LogP contribution in [0.2, 0.25) is 0 Å². The van der Waals surface area contributed by atoms with Gasteiger partial charge in [0.15, 0.2) is 17.8 Å². The highest BCUT2D eigenvalue weighted by molar-refractivity contribution is 5.16. The van der Waals surface area contributed by atoms with Crippen molar-refractivity contribution >= 4 is 0 Å². The monoisotopic (exact) mass is 358 g/mol. The topological polar surface area (TPSA) is 9.23 Å². The number of benzene rings is 1. The highest BCUT2D eigenvalue weighted by Crippen LogP contribution is 2.36. The average Bonchev–Trinajstić information content (AvgIpc) is 2.62. The van der Waals surface area contributed by atoms with Crippen LogP contribution < -0.4 is 0 Å². The number of allylic oxidation sites excluding steroid dienone is 2. The quantitative estimate of drug-likeness (QED) is 0.393. The Balaban J connectivity index is 1.74. The Hall–Kier alpha value is -1.36. The van der Waals surface area contributed by atoms with Gasteiger partial charge in [-0.25, -0.2) is 17.6 Å². The van der Waals surface area contributed by atoms with E-state index in [1.807, 2.05) is 13.0 Å². The van der Waals surface area contributed by atoms with Gasteiger partial charge in [0.05, 0.1) is 6.61 Å². The highest BCUT2D eigenvalue weighted by atomic mass is 19.2. The molecule has 1 fully saturated rings. The van der Waals surface area contributed by atoms with E-state index in [2.05, 4.69) is 6.08 Å². The lowest BCUT2D eigenvalue weighted by molar-refractivity contribution is -0.115. The lowest BCUT2D eigenvalue weighted by atomic mass is 9.78. The molecule has 0 aliphatic heterocycles. The van der Waals surface area contributed by atoms with Crippen LogP contribution in [0, 0.1) is 23.5 Å². The van der Waals surface area contributed by atoms with E-state index in [4.69, 9.17) is 4.74 Å². The molecule has 2 atom stereocenters.